The fraction of sp³-hybridized carbons (Fsp3) is 0.167. The number of carbonyl (C=O) groups excluding carboxylic acids is 2. The number of aromatic nitrogens is 1. The summed E-state index contributed by atoms with van der Waals surface area (Å²) in [6.07, 6.45) is 3.74. The summed E-state index contributed by atoms with van der Waals surface area (Å²) in [5.74, 6) is -0.884. The summed E-state index contributed by atoms with van der Waals surface area (Å²) in [5.41, 5.74) is 8.94. The van der Waals surface area contributed by atoms with E-state index in [2.05, 4.69) is 15.5 Å². The van der Waals surface area contributed by atoms with Gasteiger partial charge < -0.3 is 15.9 Å². The molecule has 1 aromatic heterocycles. The van der Waals surface area contributed by atoms with Gasteiger partial charge in [0, 0.05) is 30.1 Å². The van der Waals surface area contributed by atoms with Crippen LogP contribution in [0, 0.1) is 0 Å². The molecule has 7 nitrogen and oxygen atoms in total. The highest BCUT2D eigenvalue weighted by Gasteiger charge is 2.38. The van der Waals surface area contributed by atoms with Crippen LogP contribution < -0.4 is 11.1 Å². The number of benzene rings is 2. The highest BCUT2D eigenvalue weighted by atomic mass is 35.5. The van der Waals surface area contributed by atoms with Gasteiger partial charge in [0.2, 0.25) is 11.8 Å². The van der Waals surface area contributed by atoms with Crippen LogP contribution in [0.4, 0.5) is 5.69 Å². The van der Waals surface area contributed by atoms with Crippen molar-refractivity contribution in [3.05, 3.63) is 95.8 Å². The zero-order chi connectivity index (χ0) is 22.6. The Bertz CT molecular complexity index is 1140. The molecule has 0 saturated carbocycles. The zero-order valence-corrected chi connectivity index (χ0v) is 17.8. The maximum atomic E-state index is 12.5. The first-order valence-electron chi connectivity index (χ1n) is 10.0. The SMILES string of the molecule is NC(=O)C(Cl)(c1ccccc1)c1ccc(NC(=O)CC2CC(c3cccnc3)=NO2)cc1. The van der Waals surface area contributed by atoms with E-state index in [-0.39, 0.29) is 18.4 Å². The summed E-state index contributed by atoms with van der Waals surface area (Å²) in [4.78, 5) is 32.6. The number of oxime groups is 1. The van der Waals surface area contributed by atoms with Gasteiger partial charge in [0.25, 0.3) is 0 Å². The number of hydrogen-bond acceptors (Lipinski definition) is 5. The van der Waals surface area contributed by atoms with E-state index in [1.807, 2.05) is 18.2 Å². The summed E-state index contributed by atoms with van der Waals surface area (Å²) in [6.45, 7) is 0. The lowest BCUT2D eigenvalue weighted by molar-refractivity contribution is -0.120. The number of carbonyl (C=O) groups is 2. The Hall–Kier alpha value is -3.71. The molecule has 0 fully saturated rings. The summed E-state index contributed by atoms with van der Waals surface area (Å²) >= 11 is 6.67. The maximum absolute atomic E-state index is 12.5. The van der Waals surface area contributed by atoms with E-state index in [0.717, 1.165) is 11.3 Å². The fourth-order valence-corrected chi connectivity index (χ4v) is 3.81. The number of halogens is 1. The van der Waals surface area contributed by atoms with Gasteiger partial charge in [0.05, 0.1) is 12.1 Å². The number of nitrogens with two attached hydrogens (primary N) is 1. The molecule has 2 amide bonds. The Morgan fingerprint density at radius 1 is 1.06 bits per heavy atom. The zero-order valence-electron chi connectivity index (χ0n) is 17.1. The molecule has 1 aliphatic heterocycles. The molecule has 3 aromatic rings. The Morgan fingerprint density at radius 2 is 1.78 bits per heavy atom. The molecule has 8 heteroatoms. The molecular formula is C24H21ClN4O3. The van der Waals surface area contributed by atoms with Gasteiger partial charge in [-0.1, -0.05) is 59.2 Å². The third-order valence-corrected chi connectivity index (χ3v) is 5.84. The molecular weight excluding hydrogens is 428 g/mol. The highest BCUT2D eigenvalue weighted by molar-refractivity contribution is 6.36. The van der Waals surface area contributed by atoms with Crippen molar-refractivity contribution in [1.82, 2.24) is 4.98 Å². The predicted molar refractivity (Wildman–Crippen MR) is 122 cm³/mol. The fourth-order valence-electron chi connectivity index (χ4n) is 3.56. The van der Waals surface area contributed by atoms with Crippen molar-refractivity contribution in [2.75, 3.05) is 5.32 Å². The molecule has 0 saturated heterocycles. The molecule has 32 heavy (non-hydrogen) atoms. The molecule has 1 aliphatic rings. The number of nitrogens with zero attached hydrogens (tertiary/aromatic N) is 2. The summed E-state index contributed by atoms with van der Waals surface area (Å²) in [5, 5.41) is 6.90. The average Bonchev–Trinajstić information content (AvgIpc) is 3.28. The van der Waals surface area contributed by atoms with Crippen LogP contribution in [0.1, 0.15) is 29.5 Å². The van der Waals surface area contributed by atoms with E-state index >= 15 is 0 Å². The minimum Gasteiger partial charge on any atom is -0.391 e. The molecule has 0 bridgehead atoms. The molecule has 0 aliphatic carbocycles. The summed E-state index contributed by atoms with van der Waals surface area (Å²) in [7, 11) is 0. The second-order valence-corrected chi connectivity index (χ2v) is 8.00. The normalized spacial score (nSPS) is 17.0. The largest absolute Gasteiger partial charge is 0.391 e. The topological polar surface area (TPSA) is 107 Å². The van der Waals surface area contributed by atoms with Crippen LogP contribution in [0.25, 0.3) is 0 Å². The standard InChI is InChI=1S/C24H21ClN4O3/c25-24(23(26)31,17-6-2-1-3-7-17)18-8-10-19(11-9-18)28-22(30)14-20-13-21(29-32-20)16-5-4-12-27-15-16/h1-12,15,20H,13-14H2,(H2,26,31)(H,28,30). The van der Waals surface area contributed by atoms with Crippen LogP contribution in [0.15, 0.2) is 84.3 Å². The van der Waals surface area contributed by atoms with Crippen molar-refractivity contribution in [2.24, 2.45) is 10.9 Å². The average molecular weight is 449 g/mol. The van der Waals surface area contributed by atoms with Crippen molar-refractivity contribution in [2.45, 2.75) is 23.8 Å². The van der Waals surface area contributed by atoms with E-state index in [4.69, 9.17) is 22.2 Å². The predicted octanol–water partition coefficient (Wildman–Crippen LogP) is 3.57. The van der Waals surface area contributed by atoms with Crippen LogP contribution in [0.2, 0.25) is 0 Å². The van der Waals surface area contributed by atoms with Crippen molar-refractivity contribution in [1.29, 1.82) is 0 Å². The molecule has 162 valence electrons. The van der Waals surface area contributed by atoms with E-state index in [0.29, 0.717) is 23.2 Å². The van der Waals surface area contributed by atoms with E-state index in [1.165, 1.54) is 0 Å². The molecule has 2 aromatic carbocycles. The summed E-state index contributed by atoms with van der Waals surface area (Å²) < 4.78 is 0. The Balaban J connectivity index is 1.39. The van der Waals surface area contributed by atoms with Crippen LogP contribution >= 0.6 is 11.6 Å². The Kier molecular flexibility index (Phi) is 6.18. The number of pyridine rings is 1. The first-order valence-corrected chi connectivity index (χ1v) is 10.4. The monoisotopic (exact) mass is 448 g/mol. The number of rotatable bonds is 7. The van der Waals surface area contributed by atoms with Gasteiger partial charge in [0.1, 0.15) is 6.10 Å². The lowest BCUT2D eigenvalue weighted by Crippen LogP contribution is -2.37. The number of anilines is 1. The summed E-state index contributed by atoms with van der Waals surface area (Å²) in [6, 6.07) is 19.4. The maximum Gasteiger partial charge on any atom is 0.247 e. The van der Waals surface area contributed by atoms with Crippen molar-refractivity contribution in [3.8, 4) is 0 Å². The van der Waals surface area contributed by atoms with Crippen molar-refractivity contribution >= 4 is 34.8 Å². The number of hydrogen-bond donors (Lipinski definition) is 2. The van der Waals surface area contributed by atoms with Gasteiger partial charge >= 0.3 is 0 Å². The van der Waals surface area contributed by atoms with Crippen LogP contribution in [-0.4, -0.2) is 28.6 Å². The second-order valence-electron chi connectivity index (χ2n) is 7.43. The molecule has 2 atom stereocenters. The molecule has 3 N–H and O–H groups in total. The van der Waals surface area contributed by atoms with E-state index < -0.39 is 10.8 Å². The Labute approximate surface area is 190 Å². The van der Waals surface area contributed by atoms with Crippen molar-refractivity contribution in [3.63, 3.8) is 0 Å². The van der Waals surface area contributed by atoms with Gasteiger partial charge in [0.15, 0.2) is 4.87 Å². The Morgan fingerprint density at radius 3 is 2.44 bits per heavy atom. The number of alkyl halides is 1. The van der Waals surface area contributed by atoms with Crippen LogP contribution in [0.3, 0.4) is 0 Å². The molecule has 0 spiro atoms. The van der Waals surface area contributed by atoms with E-state index in [9.17, 15) is 9.59 Å². The van der Waals surface area contributed by atoms with Gasteiger partial charge in [-0.2, -0.15) is 0 Å². The quantitative estimate of drug-likeness (QED) is 0.539. The molecule has 0 radical (unpaired) electrons. The molecule has 2 unspecified atom stereocenters. The van der Waals surface area contributed by atoms with Gasteiger partial charge in [-0.05, 0) is 35.4 Å². The van der Waals surface area contributed by atoms with E-state index in [1.54, 1.807) is 60.9 Å². The minimum atomic E-state index is -1.50. The number of nitrogens with one attached hydrogen (secondary N) is 1. The molecule has 2 heterocycles. The smallest absolute Gasteiger partial charge is 0.247 e. The number of amides is 2. The third kappa shape index (κ3) is 4.48. The second kappa shape index (κ2) is 9.20. The van der Waals surface area contributed by atoms with Gasteiger partial charge in [-0.3, -0.25) is 14.6 Å². The highest BCUT2D eigenvalue weighted by Crippen LogP contribution is 2.37. The van der Waals surface area contributed by atoms with Crippen molar-refractivity contribution < 1.29 is 14.4 Å². The number of primary amides is 1. The first-order chi connectivity index (χ1) is 15.5. The first kappa shape index (κ1) is 21.5. The lowest BCUT2D eigenvalue weighted by Gasteiger charge is -2.25. The van der Waals surface area contributed by atoms with Gasteiger partial charge in [-0.25, -0.2) is 0 Å². The lowest BCUT2D eigenvalue weighted by atomic mass is 9.89. The van der Waals surface area contributed by atoms with Gasteiger partial charge in [-0.15, -0.1) is 0 Å². The third-order valence-electron chi connectivity index (χ3n) is 5.22. The molecule has 4 rings (SSSR count). The minimum absolute atomic E-state index is 0.153. The van der Waals surface area contributed by atoms with Crippen LogP contribution in [-0.2, 0) is 19.3 Å². The van der Waals surface area contributed by atoms with Crippen LogP contribution in [0.5, 0.6) is 0 Å².